The normalized spacial score (nSPS) is 13.5. The first-order valence-electron chi connectivity index (χ1n) is 14.1. The van der Waals surface area contributed by atoms with E-state index < -0.39 is 69.9 Å². The Labute approximate surface area is 271 Å². The van der Waals surface area contributed by atoms with Crippen molar-refractivity contribution in [3.8, 4) is 22.5 Å². The molecule has 0 fully saturated rings. The number of hydrogen-bond donors (Lipinski definition) is 6. The number of rotatable bonds is 11. The van der Waals surface area contributed by atoms with Gasteiger partial charge in [0.2, 0.25) is 10.3 Å². The molecule has 0 radical (unpaired) electrons. The van der Waals surface area contributed by atoms with E-state index in [1.165, 1.54) is 36.4 Å². The molecule has 16 nitrogen and oxygen atoms in total. The van der Waals surface area contributed by atoms with E-state index in [1.807, 2.05) is 0 Å². The maximum Gasteiger partial charge on any atom is 0.336 e. The fraction of sp³-hybridized carbons (Fsp3) is 0.167. The van der Waals surface area contributed by atoms with Crippen molar-refractivity contribution >= 4 is 60.6 Å². The van der Waals surface area contributed by atoms with Crippen molar-refractivity contribution in [2.75, 3.05) is 18.8 Å². The van der Waals surface area contributed by atoms with Crippen molar-refractivity contribution in [3.63, 3.8) is 0 Å². The Hall–Kier alpha value is -5.43. The first kappa shape index (κ1) is 33.9. The number of nitrogens with zero attached hydrogens (tertiary/aromatic N) is 1. The minimum atomic E-state index is -5.12. The molecule has 0 spiro atoms. The predicted octanol–water partition coefficient (Wildman–Crippen LogP) is 0.463. The van der Waals surface area contributed by atoms with Crippen LogP contribution >= 0.6 is 0 Å². The lowest BCUT2D eigenvalue weighted by Crippen LogP contribution is -2.47. The van der Waals surface area contributed by atoms with E-state index in [-0.39, 0.29) is 52.5 Å². The van der Waals surface area contributed by atoms with Gasteiger partial charge in [0.1, 0.15) is 0 Å². The zero-order chi connectivity index (χ0) is 35.1. The summed E-state index contributed by atoms with van der Waals surface area (Å²) in [4.78, 5) is 48.0. The number of aromatic carboxylic acids is 1. The van der Waals surface area contributed by atoms with Crippen molar-refractivity contribution in [1.29, 1.82) is 0 Å². The molecule has 5 rings (SSSR count). The van der Waals surface area contributed by atoms with Crippen LogP contribution in [0.3, 0.4) is 0 Å². The van der Waals surface area contributed by atoms with Gasteiger partial charge in [-0.2, -0.15) is 16.8 Å². The van der Waals surface area contributed by atoms with Crippen molar-refractivity contribution in [1.82, 2.24) is 10.2 Å². The minimum absolute atomic E-state index is 0.0598. The third-order valence-electron chi connectivity index (χ3n) is 7.57. The van der Waals surface area contributed by atoms with Crippen LogP contribution in [0.1, 0.15) is 40.0 Å². The number of carbonyl (C=O) groups excluding carboxylic acids is 3. The summed E-state index contributed by atoms with van der Waals surface area (Å²) in [7, 11) is -10.2. The molecule has 1 aliphatic carbocycles. The molecular weight excluding hydrogens is 672 g/mol. The summed E-state index contributed by atoms with van der Waals surface area (Å²) in [5.41, 5.74) is 3.82. The van der Waals surface area contributed by atoms with E-state index in [0.717, 1.165) is 23.1 Å². The maximum absolute atomic E-state index is 13.0. The van der Waals surface area contributed by atoms with Crippen LogP contribution in [0.4, 0.5) is 5.69 Å². The van der Waals surface area contributed by atoms with Crippen LogP contribution in [-0.2, 0) is 29.8 Å². The van der Waals surface area contributed by atoms with Gasteiger partial charge in [0.05, 0.1) is 11.3 Å². The molecule has 250 valence electrons. The number of imide groups is 1. The molecule has 2 heterocycles. The summed E-state index contributed by atoms with van der Waals surface area (Å²) in [6, 6.07) is 8.35. The topological polar surface area (TPSA) is 277 Å². The van der Waals surface area contributed by atoms with Gasteiger partial charge in [-0.1, -0.05) is 6.07 Å². The van der Waals surface area contributed by atoms with Crippen molar-refractivity contribution in [3.05, 3.63) is 71.1 Å². The standard InChI is InChI=1S/C30H26N4O12S2/c31-20-8-6-17-24(18-7-9-21(32)28(48(43,44)45)26(18)46-25(17)27(20)47(40,41)42)16-5-4-15(14-19(16)30(38)39)29(37)33-12-2-1-3-13-34-22(35)10-11-23(34)36/h4-11,14,31H,1-3,12-13,32H2,(H,33,37)(H,38,39)(H,40,41,42)(H,43,44,45)/p+1. The highest BCUT2D eigenvalue weighted by molar-refractivity contribution is 7.86. The van der Waals surface area contributed by atoms with Gasteiger partial charge in [-0.15, -0.1) is 0 Å². The molecular formula is C30H27N4O12S2+. The van der Waals surface area contributed by atoms with Crippen molar-refractivity contribution in [2.45, 2.75) is 29.1 Å². The van der Waals surface area contributed by atoms with Crippen LogP contribution in [0.2, 0.25) is 0 Å². The number of carboxylic acid groups (broad SMARTS) is 1. The fourth-order valence-corrected chi connectivity index (χ4v) is 6.93. The number of nitrogens with one attached hydrogen (secondary N) is 1. The van der Waals surface area contributed by atoms with Gasteiger partial charge in [0, 0.05) is 53.4 Å². The van der Waals surface area contributed by atoms with Gasteiger partial charge in [0.15, 0.2) is 16.2 Å². The Morgan fingerprint density at radius 2 is 1.52 bits per heavy atom. The molecule has 8 N–H and O–H groups in total. The molecule has 18 heteroatoms. The Balaban J connectivity index is 1.55. The Kier molecular flexibility index (Phi) is 8.93. The number of unbranched alkanes of at least 4 members (excludes halogenated alkanes) is 2. The Bertz CT molecular complexity index is 2310. The zero-order valence-electron chi connectivity index (χ0n) is 24.7. The molecule has 0 bridgehead atoms. The quantitative estimate of drug-likeness (QED) is 0.0409. The molecule has 2 aromatic rings. The number of fused-ring (bicyclic) bond motifs is 2. The zero-order valence-corrected chi connectivity index (χ0v) is 26.3. The number of carbonyl (C=O) groups is 4. The van der Waals surface area contributed by atoms with Gasteiger partial charge in [-0.05, 0) is 55.2 Å². The van der Waals surface area contributed by atoms with Gasteiger partial charge in [0.25, 0.3) is 27.8 Å². The van der Waals surface area contributed by atoms with E-state index in [1.54, 1.807) is 0 Å². The lowest BCUT2D eigenvalue weighted by atomic mass is 9.89. The van der Waals surface area contributed by atoms with Crippen LogP contribution in [0.25, 0.3) is 33.4 Å². The largest absolute Gasteiger partial charge is 0.478 e. The van der Waals surface area contributed by atoms with Crippen LogP contribution in [0.5, 0.6) is 0 Å². The first-order valence-corrected chi connectivity index (χ1v) is 16.9. The summed E-state index contributed by atoms with van der Waals surface area (Å²) in [6.45, 7) is 0.424. The van der Waals surface area contributed by atoms with E-state index in [4.69, 9.17) is 15.6 Å². The van der Waals surface area contributed by atoms with Crippen LogP contribution in [0.15, 0.2) is 68.8 Å². The van der Waals surface area contributed by atoms with Gasteiger partial charge in [-0.3, -0.25) is 33.8 Å². The molecule has 0 saturated heterocycles. The Morgan fingerprint density at radius 3 is 2.15 bits per heavy atom. The molecule has 0 unspecified atom stereocenters. The van der Waals surface area contributed by atoms with E-state index in [2.05, 4.69) is 5.32 Å². The molecule has 48 heavy (non-hydrogen) atoms. The summed E-state index contributed by atoms with van der Waals surface area (Å²) >= 11 is 0. The SMILES string of the molecule is Nc1ccc2c(-c3ccc(C(=O)NCCCCCN4C(=O)C=CC4=O)cc3C(=O)O)c3ccc(=[NH2+])c(S(=O)(=O)O)c-3oc2c1S(=O)(=O)O. The second-order valence-electron chi connectivity index (χ2n) is 10.7. The lowest BCUT2D eigenvalue weighted by molar-refractivity contribution is -0.176. The lowest BCUT2D eigenvalue weighted by Gasteiger charge is -2.19. The van der Waals surface area contributed by atoms with Gasteiger partial charge < -0.3 is 20.6 Å². The highest BCUT2D eigenvalue weighted by Crippen LogP contribution is 2.45. The highest BCUT2D eigenvalue weighted by atomic mass is 32.2. The molecule has 3 amide bonds. The predicted molar refractivity (Wildman–Crippen MR) is 166 cm³/mol. The van der Waals surface area contributed by atoms with Crippen LogP contribution in [-0.4, -0.2) is 72.7 Å². The number of anilines is 1. The molecule has 2 aliphatic heterocycles. The number of nitrogen functional groups attached to an aromatic ring is 1. The number of hydrogen-bond acceptors (Lipinski definition) is 10. The number of amides is 3. The average molecular weight is 700 g/mol. The number of carboxylic acids is 1. The van der Waals surface area contributed by atoms with Gasteiger partial charge >= 0.3 is 16.1 Å². The van der Waals surface area contributed by atoms with Crippen molar-refractivity contribution < 1.29 is 60.1 Å². The van der Waals surface area contributed by atoms with E-state index in [9.17, 15) is 50.2 Å². The fourth-order valence-electron chi connectivity index (χ4n) is 5.43. The molecule has 0 atom stereocenters. The van der Waals surface area contributed by atoms with Crippen LogP contribution in [0, 0.1) is 0 Å². The number of nitrogens with two attached hydrogens (primary N) is 2. The smallest absolute Gasteiger partial charge is 0.336 e. The molecule has 3 aliphatic rings. The third-order valence-corrected chi connectivity index (χ3v) is 9.44. The second kappa shape index (κ2) is 12.6. The monoisotopic (exact) mass is 699 g/mol. The van der Waals surface area contributed by atoms with E-state index >= 15 is 0 Å². The minimum Gasteiger partial charge on any atom is -0.478 e. The summed E-state index contributed by atoms with van der Waals surface area (Å²) in [6.07, 6.45) is 3.95. The van der Waals surface area contributed by atoms with E-state index in [0.29, 0.717) is 19.3 Å². The first-order chi connectivity index (χ1) is 22.5. The summed E-state index contributed by atoms with van der Waals surface area (Å²) in [5.74, 6) is -3.58. The molecule has 2 aromatic carbocycles. The highest BCUT2D eigenvalue weighted by Gasteiger charge is 2.33. The summed E-state index contributed by atoms with van der Waals surface area (Å²) < 4.78 is 75.2. The average Bonchev–Trinajstić information content (AvgIpc) is 3.31. The second-order valence-corrected chi connectivity index (χ2v) is 13.4. The third kappa shape index (κ3) is 6.41. The number of benzene rings is 3. The maximum atomic E-state index is 13.0. The molecule has 0 aromatic heterocycles. The van der Waals surface area contributed by atoms with Crippen LogP contribution < -0.4 is 21.8 Å². The van der Waals surface area contributed by atoms with Crippen molar-refractivity contribution in [2.24, 2.45) is 0 Å². The molecule has 0 saturated carbocycles. The van der Waals surface area contributed by atoms with Gasteiger partial charge in [-0.25, -0.2) is 4.79 Å². The Morgan fingerprint density at radius 1 is 0.875 bits per heavy atom. The summed E-state index contributed by atoms with van der Waals surface area (Å²) in [5, 5.41) is 18.1.